The fourth-order valence-corrected chi connectivity index (χ4v) is 5.29. The molecule has 2 aliphatic rings. The molecule has 10 nitrogen and oxygen atoms in total. The number of benzene rings is 1. The Bertz CT molecular complexity index is 1030. The summed E-state index contributed by atoms with van der Waals surface area (Å²) in [6, 6.07) is 5.64. The summed E-state index contributed by atoms with van der Waals surface area (Å²) in [5.74, 6) is 0.599. The van der Waals surface area contributed by atoms with E-state index in [0.29, 0.717) is 57.3 Å². The van der Waals surface area contributed by atoms with Crippen molar-refractivity contribution in [3.63, 3.8) is 0 Å². The van der Waals surface area contributed by atoms with Gasteiger partial charge in [-0.3, -0.25) is 4.79 Å². The highest BCUT2D eigenvalue weighted by Gasteiger charge is 2.42. The molecule has 1 aliphatic heterocycles. The molecule has 0 spiro atoms. The lowest BCUT2D eigenvalue weighted by Crippen LogP contribution is -2.45. The number of ether oxygens (including phenoxy) is 3. The number of rotatable bonds is 15. The number of carbonyl (C=O) groups excluding carboxylic acids is 2. The standard InChI is InChI=1S/C31H49N3O7/c1-7-23-9-10-24(15-28(23)40-14-8-13-39-6)29(35)33(22(4)5)18-25-16-32(30(36)37)17-26(25)19-34(27-11-12-27)31(38)41-20-21(2)3/h9-10,15,21-22,25-27H,7-8,11-14,16-20H2,1-6H3,(H,36,37)/t25-,26-/m0/s1. The molecule has 41 heavy (non-hydrogen) atoms. The molecule has 0 radical (unpaired) electrons. The van der Waals surface area contributed by atoms with Gasteiger partial charge < -0.3 is 34.0 Å². The Morgan fingerprint density at radius 2 is 1.73 bits per heavy atom. The van der Waals surface area contributed by atoms with E-state index >= 15 is 0 Å². The first-order valence-electron chi connectivity index (χ1n) is 15.0. The quantitative estimate of drug-likeness (QED) is 0.293. The van der Waals surface area contributed by atoms with Crippen LogP contribution in [-0.2, 0) is 15.9 Å². The van der Waals surface area contributed by atoms with Crippen molar-refractivity contribution >= 4 is 18.1 Å². The van der Waals surface area contributed by atoms with Crippen molar-refractivity contribution in [1.29, 1.82) is 0 Å². The van der Waals surface area contributed by atoms with Gasteiger partial charge in [0, 0.05) is 75.8 Å². The van der Waals surface area contributed by atoms with Gasteiger partial charge in [0.05, 0.1) is 13.2 Å². The minimum atomic E-state index is -0.981. The van der Waals surface area contributed by atoms with Gasteiger partial charge in [-0.15, -0.1) is 0 Å². The lowest BCUT2D eigenvalue weighted by molar-refractivity contribution is 0.0623. The van der Waals surface area contributed by atoms with E-state index in [1.165, 1.54) is 4.90 Å². The highest BCUT2D eigenvalue weighted by molar-refractivity contribution is 5.95. The first-order chi connectivity index (χ1) is 19.5. The Hall–Kier alpha value is -3.01. The molecule has 1 heterocycles. The molecule has 0 aromatic heterocycles. The number of hydrogen-bond donors (Lipinski definition) is 1. The number of carbonyl (C=O) groups is 3. The molecule has 3 rings (SSSR count). The molecule has 1 aromatic carbocycles. The van der Waals surface area contributed by atoms with E-state index < -0.39 is 6.09 Å². The van der Waals surface area contributed by atoms with Gasteiger partial charge >= 0.3 is 12.2 Å². The zero-order chi connectivity index (χ0) is 30.1. The number of methoxy groups -OCH3 is 1. The summed E-state index contributed by atoms with van der Waals surface area (Å²) in [7, 11) is 1.66. The summed E-state index contributed by atoms with van der Waals surface area (Å²) in [4.78, 5) is 43.8. The number of amides is 3. The Balaban J connectivity index is 1.78. The number of aryl methyl sites for hydroxylation is 1. The third kappa shape index (κ3) is 9.24. The van der Waals surface area contributed by atoms with Gasteiger partial charge in [-0.25, -0.2) is 9.59 Å². The summed E-state index contributed by atoms with van der Waals surface area (Å²) >= 11 is 0. The average molecular weight is 576 g/mol. The van der Waals surface area contributed by atoms with E-state index in [1.54, 1.807) is 12.0 Å². The number of nitrogens with zero attached hydrogens (tertiary/aromatic N) is 3. The summed E-state index contributed by atoms with van der Waals surface area (Å²) in [6.07, 6.45) is 2.08. The van der Waals surface area contributed by atoms with Crippen LogP contribution in [0, 0.1) is 17.8 Å². The van der Waals surface area contributed by atoms with Gasteiger partial charge in [0.2, 0.25) is 0 Å². The Labute approximate surface area is 244 Å². The Morgan fingerprint density at radius 1 is 1.05 bits per heavy atom. The third-order valence-corrected chi connectivity index (χ3v) is 7.80. The second-order valence-electron chi connectivity index (χ2n) is 12.0. The van der Waals surface area contributed by atoms with Crippen molar-refractivity contribution < 1.29 is 33.7 Å². The van der Waals surface area contributed by atoms with Crippen molar-refractivity contribution in [3.05, 3.63) is 29.3 Å². The van der Waals surface area contributed by atoms with Gasteiger partial charge in [0.1, 0.15) is 5.75 Å². The SMILES string of the molecule is CCc1ccc(C(=O)N(C[C@@H]2CN(C(=O)O)C[C@H]2CN(C(=O)OCC(C)C)C2CC2)C(C)C)cc1OCCCOC. The van der Waals surface area contributed by atoms with Crippen molar-refractivity contribution in [1.82, 2.24) is 14.7 Å². The van der Waals surface area contributed by atoms with Crippen LogP contribution >= 0.6 is 0 Å². The van der Waals surface area contributed by atoms with Crippen LogP contribution in [0.15, 0.2) is 18.2 Å². The van der Waals surface area contributed by atoms with E-state index in [4.69, 9.17) is 14.2 Å². The molecule has 2 fully saturated rings. The fraction of sp³-hybridized carbons (Fsp3) is 0.710. The molecule has 1 N–H and O–H groups in total. The molecule has 1 saturated carbocycles. The van der Waals surface area contributed by atoms with E-state index in [1.807, 2.05) is 50.8 Å². The molecule has 1 aromatic rings. The summed E-state index contributed by atoms with van der Waals surface area (Å²) in [6.45, 7) is 12.9. The van der Waals surface area contributed by atoms with E-state index in [2.05, 4.69) is 6.92 Å². The van der Waals surface area contributed by atoms with Crippen molar-refractivity contribution in [2.75, 3.05) is 53.1 Å². The van der Waals surface area contributed by atoms with Crippen LogP contribution < -0.4 is 4.74 Å². The molecule has 0 unspecified atom stereocenters. The molecular formula is C31H49N3O7. The zero-order valence-electron chi connectivity index (χ0n) is 25.6. The van der Waals surface area contributed by atoms with Gasteiger partial charge in [0.25, 0.3) is 5.91 Å². The maximum absolute atomic E-state index is 13.9. The van der Waals surface area contributed by atoms with Crippen molar-refractivity contribution in [2.45, 2.75) is 72.4 Å². The topological polar surface area (TPSA) is 109 Å². The monoisotopic (exact) mass is 575 g/mol. The summed E-state index contributed by atoms with van der Waals surface area (Å²) in [5.41, 5.74) is 1.58. The normalized spacial score (nSPS) is 18.6. The van der Waals surface area contributed by atoms with Crippen LogP contribution in [0.1, 0.15) is 69.8 Å². The predicted molar refractivity (Wildman–Crippen MR) is 156 cm³/mol. The molecule has 2 atom stereocenters. The fourth-order valence-electron chi connectivity index (χ4n) is 5.29. The Kier molecular flexibility index (Phi) is 12.1. The maximum Gasteiger partial charge on any atom is 0.410 e. The first kappa shape index (κ1) is 32.5. The van der Waals surface area contributed by atoms with Crippen LogP contribution in [0.25, 0.3) is 0 Å². The first-order valence-corrected chi connectivity index (χ1v) is 15.0. The minimum absolute atomic E-state index is 0.102. The smallest absolute Gasteiger partial charge is 0.410 e. The van der Waals surface area contributed by atoms with Gasteiger partial charge in [-0.2, -0.15) is 0 Å². The van der Waals surface area contributed by atoms with Gasteiger partial charge in [0.15, 0.2) is 0 Å². The van der Waals surface area contributed by atoms with Crippen molar-refractivity contribution in [2.24, 2.45) is 17.8 Å². The molecule has 230 valence electrons. The molecule has 0 bridgehead atoms. The second-order valence-corrected chi connectivity index (χ2v) is 12.0. The van der Waals surface area contributed by atoms with Gasteiger partial charge in [-0.05, 0) is 56.7 Å². The van der Waals surface area contributed by atoms with E-state index in [9.17, 15) is 19.5 Å². The highest BCUT2D eigenvalue weighted by atomic mass is 16.6. The van der Waals surface area contributed by atoms with Crippen LogP contribution in [-0.4, -0.2) is 103 Å². The Morgan fingerprint density at radius 3 is 2.29 bits per heavy atom. The number of carboxylic acid groups (broad SMARTS) is 1. The summed E-state index contributed by atoms with van der Waals surface area (Å²) in [5, 5.41) is 9.79. The largest absolute Gasteiger partial charge is 0.493 e. The number of likely N-dealkylation sites (tertiary alicyclic amines) is 1. The molecule has 10 heteroatoms. The second kappa shape index (κ2) is 15.3. The minimum Gasteiger partial charge on any atom is -0.493 e. The van der Waals surface area contributed by atoms with Crippen LogP contribution in [0.5, 0.6) is 5.75 Å². The van der Waals surface area contributed by atoms with Crippen molar-refractivity contribution in [3.8, 4) is 5.75 Å². The predicted octanol–water partition coefficient (Wildman–Crippen LogP) is 5.00. The van der Waals surface area contributed by atoms with Crippen LogP contribution in [0.2, 0.25) is 0 Å². The van der Waals surface area contributed by atoms with Crippen LogP contribution in [0.4, 0.5) is 9.59 Å². The van der Waals surface area contributed by atoms with Crippen LogP contribution in [0.3, 0.4) is 0 Å². The third-order valence-electron chi connectivity index (χ3n) is 7.80. The molecule has 1 aliphatic carbocycles. The molecule has 1 saturated heterocycles. The van der Waals surface area contributed by atoms with E-state index in [-0.39, 0.29) is 41.8 Å². The lowest BCUT2D eigenvalue weighted by Gasteiger charge is -2.33. The molecular weight excluding hydrogens is 526 g/mol. The molecule has 3 amide bonds. The van der Waals surface area contributed by atoms with E-state index in [0.717, 1.165) is 31.2 Å². The maximum atomic E-state index is 13.9. The van der Waals surface area contributed by atoms with Gasteiger partial charge in [-0.1, -0.05) is 26.8 Å². The highest BCUT2D eigenvalue weighted by Crippen LogP contribution is 2.33. The zero-order valence-corrected chi connectivity index (χ0v) is 25.6. The summed E-state index contributed by atoms with van der Waals surface area (Å²) < 4.78 is 16.7. The average Bonchev–Trinajstić information content (AvgIpc) is 3.70. The lowest BCUT2D eigenvalue weighted by atomic mass is 9.94. The number of hydrogen-bond acceptors (Lipinski definition) is 6.